The summed E-state index contributed by atoms with van der Waals surface area (Å²) in [6, 6.07) is 19.5. The first-order valence-corrected chi connectivity index (χ1v) is 13.8. The lowest BCUT2D eigenvalue weighted by atomic mass is 10.1. The average Bonchev–Trinajstić information content (AvgIpc) is 2.83. The summed E-state index contributed by atoms with van der Waals surface area (Å²) in [4.78, 5) is 2.57. The topological polar surface area (TPSA) is 24.5 Å². The lowest BCUT2D eigenvalue weighted by Crippen LogP contribution is -2.29. The van der Waals surface area contributed by atoms with Gasteiger partial charge >= 0.3 is 0 Å². The summed E-state index contributed by atoms with van der Waals surface area (Å²) in [7, 11) is 0. The molecule has 2 aromatic carbocycles. The van der Waals surface area contributed by atoms with Gasteiger partial charge in [0, 0.05) is 12.3 Å². The number of likely N-dealkylation sites (tertiary alicyclic amines) is 1. The van der Waals surface area contributed by atoms with Crippen molar-refractivity contribution >= 4 is 11.8 Å². The maximum Gasteiger partial charge on any atom is 0.119 e. The fourth-order valence-electron chi connectivity index (χ4n) is 4.19. The van der Waals surface area contributed by atoms with Crippen molar-refractivity contribution in [1.82, 2.24) is 10.2 Å². The predicted octanol–water partition coefficient (Wildman–Crippen LogP) is 6.52. The van der Waals surface area contributed by atoms with Crippen molar-refractivity contribution in [2.45, 2.75) is 63.7 Å². The van der Waals surface area contributed by atoms with Crippen LogP contribution >= 0.6 is 11.8 Å². The molecular formula is C28H42N2OS. The van der Waals surface area contributed by atoms with Crippen molar-refractivity contribution in [3.8, 4) is 5.75 Å². The van der Waals surface area contributed by atoms with Crippen LogP contribution in [-0.2, 0) is 12.3 Å². The molecule has 0 amide bonds. The number of piperidine rings is 1. The highest BCUT2D eigenvalue weighted by atomic mass is 32.2. The second kappa shape index (κ2) is 16.2. The van der Waals surface area contributed by atoms with Gasteiger partial charge in [-0.2, -0.15) is 11.8 Å². The Hall–Kier alpha value is -1.49. The number of rotatable bonds is 16. The molecule has 0 unspecified atom stereocenters. The van der Waals surface area contributed by atoms with E-state index in [2.05, 4.69) is 76.6 Å². The molecule has 4 heteroatoms. The van der Waals surface area contributed by atoms with E-state index in [1.807, 2.05) is 0 Å². The molecular weight excluding hydrogens is 412 g/mol. The quantitative estimate of drug-likeness (QED) is 0.292. The van der Waals surface area contributed by atoms with E-state index in [1.54, 1.807) is 0 Å². The molecule has 1 saturated heterocycles. The molecule has 0 saturated carbocycles. The van der Waals surface area contributed by atoms with E-state index in [-0.39, 0.29) is 0 Å². The molecule has 1 aliphatic heterocycles. The highest BCUT2D eigenvalue weighted by molar-refractivity contribution is 7.98. The van der Waals surface area contributed by atoms with Crippen molar-refractivity contribution in [2.75, 3.05) is 38.5 Å². The highest BCUT2D eigenvalue weighted by Crippen LogP contribution is 2.18. The summed E-state index contributed by atoms with van der Waals surface area (Å²) in [6.07, 6.45) is 10.4. The minimum Gasteiger partial charge on any atom is -0.494 e. The van der Waals surface area contributed by atoms with Crippen LogP contribution in [0.25, 0.3) is 0 Å². The van der Waals surface area contributed by atoms with E-state index in [1.165, 1.54) is 74.9 Å². The summed E-state index contributed by atoms with van der Waals surface area (Å²) in [6.45, 7) is 6.50. The van der Waals surface area contributed by atoms with Gasteiger partial charge in [-0.15, -0.1) is 0 Å². The lowest BCUT2D eigenvalue weighted by molar-refractivity contribution is 0.220. The number of nitrogens with one attached hydrogen (secondary N) is 1. The molecule has 3 rings (SSSR count). The van der Waals surface area contributed by atoms with Gasteiger partial charge in [0.15, 0.2) is 0 Å². The van der Waals surface area contributed by atoms with E-state index in [9.17, 15) is 0 Å². The Morgan fingerprint density at radius 2 is 1.56 bits per heavy atom. The molecule has 0 spiro atoms. The zero-order valence-corrected chi connectivity index (χ0v) is 20.6. The maximum absolute atomic E-state index is 5.99. The Morgan fingerprint density at radius 1 is 0.781 bits per heavy atom. The fourth-order valence-corrected chi connectivity index (χ4v) is 5.17. The first-order valence-electron chi connectivity index (χ1n) is 12.7. The molecule has 1 N–H and O–H groups in total. The van der Waals surface area contributed by atoms with Crippen LogP contribution in [0.4, 0.5) is 0 Å². The van der Waals surface area contributed by atoms with E-state index in [0.717, 1.165) is 44.2 Å². The third-order valence-electron chi connectivity index (χ3n) is 6.02. The van der Waals surface area contributed by atoms with E-state index >= 15 is 0 Å². The monoisotopic (exact) mass is 454 g/mol. The highest BCUT2D eigenvalue weighted by Gasteiger charge is 2.10. The molecule has 0 radical (unpaired) electrons. The van der Waals surface area contributed by atoms with Gasteiger partial charge < -0.3 is 10.1 Å². The Labute approximate surface area is 200 Å². The van der Waals surface area contributed by atoms with Crippen LogP contribution in [0.15, 0.2) is 54.6 Å². The molecule has 1 heterocycles. The molecule has 0 aliphatic carbocycles. The third kappa shape index (κ3) is 10.9. The zero-order chi connectivity index (χ0) is 22.1. The number of hydrogen-bond donors (Lipinski definition) is 1. The zero-order valence-electron chi connectivity index (χ0n) is 19.8. The van der Waals surface area contributed by atoms with Crippen LogP contribution in [0.1, 0.15) is 62.5 Å². The van der Waals surface area contributed by atoms with Crippen LogP contribution < -0.4 is 10.1 Å². The van der Waals surface area contributed by atoms with Crippen LogP contribution in [0.2, 0.25) is 0 Å². The van der Waals surface area contributed by atoms with Crippen LogP contribution in [0.3, 0.4) is 0 Å². The molecule has 3 nitrogen and oxygen atoms in total. The summed E-state index contributed by atoms with van der Waals surface area (Å²) >= 11 is 2.06. The van der Waals surface area contributed by atoms with Crippen molar-refractivity contribution in [2.24, 2.45) is 0 Å². The SMILES string of the molecule is c1ccc(CSCCCCCCNCCCOc2cccc(CN3CCCCC3)c2)cc1. The van der Waals surface area contributed by atoms with Gasteiger partial charge in [-0.25, -0.2) is 0 Å². The van der Waals surface area contributed by atoms with Gasteiger partial charge in [0.05, 0.1) is 6.61 Å². The van der Waals surface area contributed by atoms with Gasteiger partial charge in [0.25, 0.3) is 0 Å². The van der Waals surface area contributed by atoms with Gasteiger partial charge in [0.1, 0.15) is 5.75 Å². The van der Waals surface area contributed by atoms with Gasteiger partial charge in [-0.3, -0.25) is 4.90 Å². The second-order valence-corrected chi connectivity index (χ2v) is 9.99. The van der Waals surface area contributed by atoms with Crippen molar-refractivity contribution in [3.05, 3.63) is 65.7 Å². The minimum atomic E-state index is 0.790. The molecule has 0 aromatic heterocycles. The fraction of sp³-hybridized carbons (Fsp3) is 0.571. The second-order valence-electron chi connectivity index (χ2n) is 8.89. The Kier molecular flexibility index (Phi) is 12.7. The van der Waals surface area contributed by atoms with Crippen LogP contribution in [0, 0.1) is 0 Å². The van der Waals surface area contributed by atoms with E-state index in [0.29, 0.717) is 0 Å². The van der Waals surface area contributed by atoms with Gasteiger partial charge in [-0.05, 0) is 87.3 Å². The van der Waals surface area contributed by atoms with Gasteiger partial charge in [0.2, 0.25) is 0 Å². The Bertz CT molecular complexity index is 718. The standard InChI is InChI=1S/C28H42N2OS/c1(2-10-22-32-25-26-13-5-3-6-14-26)7-17-29-18-12-21-31-28-16-11-15-27(23-28)24-30-19-8-4-9-20-30/h3,5-6,11,13-16,23,29H,1-2,4,7-10,12,17-22,24-25H2. The van der Waals surface area contributed by atoms with Crippen molar-refractivity contribution in [1.29, 1.82) is 0 Å². The number of unbranched alkanes of at least 4 members (excludes halogenated alkanes) is 3. The largest absolute Gasteiger partial charge is 0.494 e. The summed E-state index contributed by atoms with van der Waals surface area (Å²) in [5.41, 5.74) is 2.82. The van der Waals surface area contributed by atoms with E-state index in [4.69, 9.17) is 4.74 Å². The molecule has 1 fully saturated rings. The number of ether oxygens (including phenoxy) is 1. The first-order chi connectivity index (χ1) is 15.9. The smallest absolute Gasteiger partial charge is 0.119 e. The van der Waals surface area contributed by atoms with Crippen molar-refractivity contribution < 1.29 is 4.74 Å². The van der Waals surface area contributed by atoms with Crippen LogP contribution in [-0.4, -0.2) is 43.4 Å². The van der Waals surface area contributed by atoms with E-state index < -0.39 is 0 Å². The molecule has 1 aliphatic rings. The summed E-state index contributed by atoms with van der Waals surface area (Å²) in [5, 5.41) is 3.57. The lowest BCUT2D eigenvalue weighted by Gasteiger charge is -2.26. The number of thioether (sulfide) groups is 1. The molecule has 0 bridgehead atoms. The van der Waals surface area contributed by atoms with Crippen molar-refractivity contribution in [3.63, 3.8) is 0 Å². The number of hydrogen-bond acceptors (Lipinski definition) is 4. The Morgan fingerprint density at radius 3 is 2.44 bits per heavy atom. The summed E-state index contributed by atoms with van der Waals surface area (Å²) in [5.74, 6) is 3.44. The molecule has 176 valence electrons. The first kappa shape index (κ1) is 25.1. The molecule has 2 aromatic rings. The third-order valence-corrected chi connectivity index (χ3v) is 7.14. The number of nitrogens with zero attached hydrogens (tertiary/aromatic N) is 1. The number of benzene rings is 2. The Balaban J connectivity index is 1.11. The van der Waals surface area contributed by atoms with Crippen LogP contribution in [0.5, 0.6) is 5.75 Å². The molecule has 32 heavy (non-hydrogen) atoms. The minimum absolute atomic E-state index is 0.790. The maximum atomic E-state index is 5.99. The van der Waals surface area contributed by atoms with Gasteiger partial charge in [-0.1, -0.05) is 61.7 Å². The normalized spacial score (nSPS) is 14.5. The molecule has 0 atom stereocenters. The summed E-state index contributed by atoms with van der Waals surface area (Å²) < 4.78 is 5.99. The average molecular weight is 455 g/mol. The predicted molar refractivity (Wildman–Crippen MR) is 140 cm³/mol.